The van der Waals surface area contributed by atoms with E-state index < -0.39 is 5.72 Å². The number of fused-ring (bicyclic) bond motifs is 4. The second-order valence-corrected chi connectivity index (χ2v) is 10.4. The van der Waals surface area contributed by atoms with Crippen LogP contribution in [0.4, 0.5) is 16.2 Å². The number of carbonyl (C=O) groups is 2. The van der Waals surface area contributed by atoms with Crippen molar-refractivity contribution < 1.29 is 23.8 Å². The Balaban J connectivity index is 1.22. The molecule has 6 rings (SSSR count). The number of anilines is 2. The molecule has 9 heteroatoms. The van der Waals surface area contributed by atoms with Gasteiger partial charge in [0, 0.05) is 43.7 Å². The van der Waals surface area contributed by atoms with Gasteiger partial charge in [-0.15, -0.1) is 0 Å². The Hall–Kier alpha value is -4.40. The summed E-state index contributed by atoms with van der Waals surface area (Å²) in [5, 5.41) is 3.13. The minimum atomic E-state index is -0.949. The van der Waals surface area contributed by atoms with Gasteiger partial charge >= 0.3 is 6.03 Å². The zero-order chi connectivity index (χ0) is 27.9. The zero-order valence-corrected chi connectivity index (χ0v) is 23.1. The Kier molecular flexibility index (Phi) is 6.65. The van der Waals surface area contributed by atoms with Crippen molar-refractivity contribution in [3.63, 3.8) is 0 Å². The molecule has 3 aliphatic rings. The molecule has 2 atom stereocenters. The molecule has 3 heterocycles. The molecule has 3 amide bonds. The molecule has 1 N–H and O–H groups in total. The number of nitrogens with one attached hydrogen (secondary N) is 1. The highest BCUT2D eigenvalue weighted by atomic mass is 16.5. The Morgan fingerprint density at radius 3 is 2.55 bits per heavy atom. The normalized spacial score (nSPS) is 21.7. The number of ether oxygens (including phenoxy) is 3. The Bertz CT molecular complexity index is 1440. The summed E-state index contributed by atoms with van der Waals surface area (Å²) in [6.45, 7) is 6.93. The Labute approximate surface area is 234 Å². The molecule has 0 aliphatic carbocycles. The van der Waals surface area contributed by atoms with Gasteiger partial charge in [-0.05, 0) is 50.2 Å². The van der Waals surface area contributed by atoms with E-state index in [9.17, 15) is 9.59 Å². The zero-order valence-electron chi connectivity index (χ0n) is 23.1. The first kappa shape index (κ1) is 25.9. The number of piperazine rings is 1. The van der Waals surface area contributed by atoms with Gasteiger partial charge in [0.1, 0.15) is 5.75 Å². The van der Waals surface area contributed by atoms with Gasteiger partial charge in [-0.25, -0.2) is 4.79 Å². The lowest BCUT2D eigenvalue weighted by atomic mass is 9.89. The molecule has 3 aromatic rings. The van der Waals surface area contributed by atoms with Crippen molar-refractivity contribution in [3.05, 3.63) is 77.9 Å². The molecule has 2 unspecified atom stereocenters. The quantitative estimate of drug-likeness (QED) is 0.481. The number of amides is 3. The van der Waals surface area contributed by atoms with Crippen LogP contribution in [-0.4, -0.2) is 62.5 Å². The van der Waals surface area contributed by atoms with Gasteiger partial charge in [0.25, 0.3) is 5.91 Å². The summed E-state index contributed by atoms with van der Waals surface area (Å²) in [5.74, 6) is 2.07. The molecular formula is C31H34N4O5. The SMILES string of the molecule is CCOc1cccc2c1OC1(C)CC2NC(=O)N1c1cccc(C(=O)N2CCN(c3ccccc3OC)CC2)c1. The third kappa shape index (κ3) is 4.45. The molecule has 0 radical (unpaired) electrons. The number of rotatable bonds is 6. The number of hydrogen-bond donors (Lipinski definition) is 1. The van der Waals surface area contributed by atoms with Crippen LogP contribution >= 0.6 is 0 Å². The van der Waals surface area contributed by atoms with E-state index in [1.807, 2.05) is 73.3 Å². The molecular weight excluding hydrogens is 508 g/mol. The second-order valence-electron chi connectivity index (χ2n) is 10.4. The maximum Gasteiger partial charge on any atom is 0.325 e. The number of para-hydroxylation sites is 3. The van der Waals surface area contributed by atoms with E-state index in [0.717, 1.165) is 17.0 Å². The summed E-state index contributed by atoms with van der Waals surface area (Å²) in [7, 11) is 1.67. The van der Waals surface area contributed by atoms with Gasteiger partial charge in [-0.1, -0.05) is 30.3 Å². The summed E-state index contributed by atoms with van der Waals surface area (Å²) in [6, 6.07) is 20.5. The van der Waals surface area contributed by atoms with Crippen LogP contribution in [0.1, 0.15) is 42.2 Å². The molecule has 0 aromatic heterocycles. The van der Waals surface area contributed by atoms with Crippen LogP contribution in [-0.2, 0) is 0 Å². The number of benzene rings is 3. The van der Waals surface area contributed by atoms with E-state index in [2.05, 4.69) is 10.2 Å². The first-order valence-electron chi connectivity index (χ1n) is 13.7. The fourth-order valence-electron chi connectivity index (χ4n) is 6.02. The van der Waals surface area contributed by atoms with Gasteiger partial charge in [0.15, 0.2) is 17.2 Å². The molecule has 40 heavy (non-hydrogen) atoms. The van der Waals surface area contributed by atoms with Crippen LogP contribution in [0.25, 0.3) is 0 Å². The summed E-state index contributed by atoms with van der Waals surface area (Å²) in [4.78, 5) is 32.7. The molecule has 0 saturated carbocycles. The topological polar surface area (TPSA) is 83.6 Å². The standard InChI is InChI=1S/C31H34N4O5/c1-4-39-27-14-8-11-23-24-20-31(2,40-28(23)27)35(30(37)32-24)22-10-7-9-21(19-22)29(36)34-17-15-33(16-18-34)25-12-5-6-13-26(25)38-3/h5-14,19,24H,4,15-18,20H2,1-3H3,(H,32,37). The Morgan fingerprint density at radius 1 is 1.02 bits per heavy atom. The maximum atomic E-state index is 13.6. The minimum Gasteiger partial charge on any atom is -0.495 e. The lowest BCUT2D eigenvalue weighted by Gasteiger charge is -2.50. The van der Waals surface area contributed by atoms with Gasteiger partial charge in [0.2, 0.25) is 0 Å². The molecule has 208 valence electrons. The lowest BCUT2D eigenvalue weighted by Crippen LogP contribution is -2.65. The summed E-state index contributed by atoms with van der Waals surface area (Å²) in [5.41, 5.74) is 2.13. The van der Waals surface area contributed by atoms with E-state index >= 15 is 0 Å². The van der Waals surface area contributed by atoms with Gasteiger partial charge < -0.3 is 29.3 Å². The molecule has 3 aliphatic heterocycles. The predicted octanol–water partition coefficient (Wildman–Crippen LogP) is 4.83. The minimum absolute atomic E-state index is 0.0597. The van der Waals surface area contributed by atoms with Crippen LogP contribution in [0.3, 0.4) is 0 Å². The highest BCUT2D eigenvalue weighted by Gasteiger charge is 2.50. The number of carbonyl (C=O) groups excluding carboxylic acids is 2. The smallest absolute Gasteiger partial charge is 0.325 e. The van der Waals surface area contributed by atoms with Crippen molar-refractivity contribution in [1.29, 1.82) is 0 Å². The molecule has 2 bridgehead atoms. The van der Waals surface area contributed by atoms with Crippen LogP contribution < -0.4 is 29.3 Å². The predicted molar refractivity (Wildman–Crippen MR) is 153 cm³/mol. The average molecular weight is 543 g/mol. The van der Waals surface area contributed by atoms with E-state index in [-0.39, 0.29) is 18.0 Å². The van der Waals surface area contributed by atoms with Crippen molar-refractivity contribution >= 4 is 23.3 Å². The lowest BCUT2D eigenvalue weighted by molar-refractivity contribution is 0.0343. The van der Waals surface area contributed by atoms with Crippen LogP contribution in [0.15, 0.2) is 66.7 Å². The molecule has 3 aromatic carbocycles. The van der Waals surface area contributed by atoms with E-state index in [1.54, 1.807) is 24.1 Å². The van der Waals surface area contributed by atoms with E-state index in [0.29, 0.717) is 62.0 Å². The van der Waals surface area contributed by atoms with Crippen LogP contribution in [0.2, 0.25) is 0 Å². The first-order chi connectivity index (χ1) is 19.4. The summed E-state index contributed by atoms with van der Waals surface area (Å²) < 4.78 is 17.9. The van der Waals surface area contributed by atoms with Gasteiger partial charge in [-0.3, -0.25) is 9.69 Å². The molecule has 2 saturated heterocycles. The number of nitrogens with zero attached hydrogens (tertiary/aromatic N) is 3. The third-order valence-electron chi connectivity index (χ3n) is 7.91. The van der Waals surface area contributed by atoms with Crippen molar-refractivity contribution in [2.45, 2.75) is 32.0 Å². The molecule has 0 spiro atoms. The van der Waals surface area contributed by atoms with E-state index in [1.165, 1.54) is 0 Å². The summed E-state index contributed by atoms with van der Waals surface area (Å²) >= 11 is 0. The van der Waals surface area contributed by atoms with Crippen LogP contribution in [0, 0.1) is 0 Å². The number of methoxy groups -OCH3 is 1. The highest BCUT2D eigenvalue weighted by Crippen LogP contribution is 2.49. The number of urea groups is 1. The maximum absolute atomic E-state index is 13.6. The molecule has 9 nitrogen and oxygen atoms in total. The molecule has 2 fully saturated rings. The number of hydrogen-bond acceptors (Lipinski definition) is 6. The van der Waals surface area contributed by atoms with Crippen molar-refractivity contribution in [1.82, 2.24) is 10.2 Å². The fraction of sp³-hybridized carbons (Fsp3) is 0.355. The van der Waals surface area contributed by atoms with Crippen molar-refractivity contribution in [2.24, 2.45) is 0 Å². The van der Waals surface area contributed by atoms with Crippen molar-refractivity contribution in [3.8, 4) is 17.2 Å². The fourth-order valence-corrected chi connectivity index (χ4v) is 6.02. The monoisotopic (exact) mass is 542 g/mol. The van der Waals surface area contributed by atoms with Gasteiger partial charge in [-0.2, -0.15) is 0 Å². The summed E-state index contributed by atoms with van der Waals surface area (Å²) in [6.07, 6.45) is 0.560. The average Bonchev–Trinajstić information content (AvgIpc) is 2.97. The highest BCUT2D eigenvalue weighted by molar-refractivity contribution is 5.99. The first-order valence-corrected chi connectivity index (χ1v) is 13.7. The third-order valence-corrected chi connectivity index (χ3v) is 7.91. The second kappa shape index (κ2) is 10.3. The largest absolute Gasteiger partial charge is 0.495 e. The van der Waals surface area contributed by atoms with E-state index in [4.69, 9.17) is 14.2 Å². The van der Waals surface area contributed by atoms with Crippen LogP contribution in [0.5, 0.6) is 17.2 Å². The Morgan fingerprint density at radius 2 is 1.77 bits per heavy atom. The van der Waals surface area contributed by atoms with Gasteiger partial charge in [0.05, 0.1) is 31.1 Å². The van der Waals surface area contributed by atoms with Crippen molar-refractivity contribution in [2.75, 3.05) is 49.7 Å².